The van der Waals surface area contributed by atoms with Gasteiger partial charge in [-0.3, -0.25) is 9.00 Å². The standard InChI is InChI=1S/C21H32N2O4S.C3H8/c1-16(2)23-20(3,4)10-15-27-17-6-8-18(9-7-17)28(5,25)21(19(22)24)11-13-26-14-12-21;1-3-2/h6-9,23H,1,5,10-15H2,2-4H3,(H2,22,24);3H2,1-2H3. The number of rotatable bonds is 9. The maximum absolute atomic E-state index is 13.5. The topological polar surface area (TPSA) is 90.6 Å². The van der Waals surface area contributed by atoms with Gasteiger partial charge in [-0.15, -0.1) is 0 Å². The lowest BCUT2D eigenvalue weighted by Crippen LogP contribution is -2.53. The first-order chi connectivity index (χ1) is 14.4. The molecule has 1 aromatic rings. The first-order valence-corrected chi connectivity index (χ1v) is 12.6. The lowest BCUT2D eigenvalue weighted by atomic mass is 9.98. The molecule has 6 nitrogen and oxygen atoms in total. The number of amides is 1. The highest BCUT2D eigenvalue weighted by atomic mass is 32.2. The van der Waals surface area contributed by atoms with Crippen molar-refractivity contribution in [3.8, 4) is 5.75 Å². The molecule has 1 aliphatic rings. The van der Waals surface area contributed by atoms with E-state index in [0.717, 1.165) is 12.1 Å². The van der Waals surface area contributed by atoms with Crippen LogP contribution in [0.15, 0.2) is 41.4 Å². The molecule has 176 valence electrons. The van der Waals surface area contributed by atoms with Gasteiger partial charge in [0.1, 0.15) is 10.5 Å². The van der Waals surface area contributed by atoms with Crippen molar-refractivity contribution >= 4 is 21.3 Å². The summed E-state index contributed by atoms with van der Waals surface area (Å²) in [6.45, 7) is 15.4. The number of allylic oxidation sites excluding steroid dienone is 1. The summed E-state index contributed by atoms with van der Waals surface area (Å²) in [5.41, 5.74) is 6.44. The molecular formula is C24H40N2O4S. The highest BCUT2D eigenvalue weighted by molar-refractivity contribution is 8.02. The third-order valence-electron chi connectivity index (χ3n) is 5.13. The van der Waals surface area contributed by atoms with Crippen molar-refractivity contribution in [1.29, 1.82) is 0 Å². The SMILES string of the molecule is C=C(C)NC(C)(C)CCOc1ccc(S(=C)(=O)C2(C(N)=O)CCOCC2)cc1.CCC. The molecule has 31 heavy (non-hydrogen) atoms. The van der Waals surface area contributed by atoms with E-state index in [2.05, 4.69) is 45.5 Å². The van der Waals surface area contributed by atoms with Crippen LogP contribution in [0.4, 0.5) is 0 Å². The highest BCUT2D eigenvalue weighted by Crippen LogP contribution is 2.35. The second-order valence-corrected chi connectivity index (χ2v) is 11.3. The summed E-state index contributed by atoms with van der Waals surface area (Å²) in [4.78, 5) is 12.7. The van der Waals surface area contributed by atoms with Crippen LogP contribution in [0.5, 0.6) is 5.75 Å². The molecule has 0 aromatic heterocycles. The van der Waals surface area contributed by atoms with Gasteiger partial charge in [0.15, 0.2) is 0 Å². The molecule has 3 N–H and O–H groups in total. The minimum Gasteiger partial charge on any atom is -0.494 e. The van der Waals surface area contributed by atoms with Gasteiger partial charge >= 0.3 is 0 Å². The number of benzene rings is 1. The van der Waals surface area contributed by atoms with Crippen molar-refractivity contribution in [2.75, 3.05) is 19.8 Å². The number of primary amides is 1. The fraction of sp³-hybridized carbons (Fsp3) is 0.583. The van der Waals surface area contributed by atoms with Gasteiger partial charge in [-0.05, 0) is 63.7 Å². The first-order valence-electron chi connectivity index (χ1n) is 10.8. The summed E-state index contributed by atoms with van der Waals surface area (Å²) < 4.78 is 23.5. The molecular weight excluding hydrogens is 412 g/mol. The lowest BCUT2D eigenvalue weighted by Gasteiger charge is -2.37. The third kappa shape index (κ3) is 7.28. The zero-order chi connectivity index (χ0) is 23.7. The Balaban J connectivity index is 0.00000151. The van der Waals surface area contributed by atoms with Gasteiger partial charge in [-0.1, -0.05) is 26.8 Å². The number of carbonyl (C=O) groups excluding carboxylic acids is 1. The van der Waals surface area contributed by atoms with Crippen LogP contribution in [-0.2, 0) is 19.1 Å². The van der Waals surface area contributed by atoms with Crippen LogP contribution in [-0.4, -0.2) is 46.1 Å². The second-order valence-electron chi connectivity index (χ2n) is 8.71. The van der Waals surface area contributed by atoms with E-state index in [1.165, 1.54) is 6.42 Å². The van der Waals surface area contributed by atoms with Gasteiger partial charge in [-0.2, -0.15) is 0 Å². The average molecular weight is 453 g/mol. The van der Waals surface area contributed by atoms with Crippen LogP contribution < -0.4 is 15.8 Å². The fourth-order valence-electron chi connectivity index (χ4n) is 3.49. The summed E-state index contributed by atoms with van der Waals surface area (Å²) in [6, 6.07) is 6.94. The van der Waals surface area contributed by atoms with Crippen molar-refractivity contribution in [3.05, 3.63) is 36.5 Å². The summed E-state index contributed by atoms with van der Waals surface area (Å²) in [7, 11) is -2.93. The summed E-state index contributed by atoms with van der Waals surface area (Å²) in [6.07, 6.45) is 2.67. The van der Waals surface area contributed by atoms with E-state index >= 15 is 0 Å². The fourth-order valence-corrected chi connectivity index (χ4v) is 5.66. The number of nitrogens with one attached hydrogen (secondary N) is 1. The number of hydrogen-bond acceptors (Lipinski definition) is 5. The molecule has 0 bridgehead atoms. The number of carbonyl (C=O) groups is 1. The molecule has 0 spiro atoms. The molecule has 1 heterocycles. The van der Waals surface area contributed by atoms with E-state index < -0.39 is 20.2 Å². The number of hydrogen-bond donors (Lipinski definition) is 2. The lowest BCUT2D eigenvalue weighted by molar-refractivity contribution is -0.122. The second kappa shape index (κ2) is 11.6. The molecule has 1 saturated heterocycles. The maximum atomic E-state index is 13.5. The van der Waals surface area contributed by atoms with Crippen LogP contribution in [0.3, 0.4) is 0 Å². The van der Waals surface area contributed by atoms with E-state index in [9.17, 15) is 9.00 Å². The molecule has 1 fully saturated rings. The molecule has 0 aliphatic carbocycles. The molecule has 1 atom stereocenters. The molecule has 0 radical (unpaired) electrons. The van der Waals surface area contributed by atoms with Crippen LogP contribution in [0, 0.1) is 0 Å². The Morgan fingerprint density at radius 2 is 1.77 bits per heavy atom. The van der Waals surface area contributed by atoms with E-state index in [-0.39, 0.29) is 5.54 Å². The van der Waals surface area contributed by atoms with Crippen LogP contribution in [0.1, 0.15) is 60.3 Å². The predicted molar refractivity (Wildman–Crippen MR) is 130 cm³/mol. The van der Waals surface area contributed by atoms with Gasteiger partial charge in [0, 0.05) is 45.3 Å². The molecule has 7 heteroatoms. The van der Waals surface area contributed by atoms with Crippen LogP contribution in [0.2, 0.25) is 0 Å². The van der Waals surface area contributed by atoms with E-state index in [0.29, 0.717) is 43.3 Å². The number of ether oxygens (including phenoxy) is 2. The summed E-state index contributed by atoms with van der Waals surface area (Å²) >= 11 is 0. The Labute approximate surface area is 188 Å². The molecule has 1 aliphatic heterocycles. The van der Waals surface area contributed by atoms with Gasteiger partial charge in [0.25, 0.3) is 0 Å². The van der Waals surface area contributed by atoms with E-state index in [1.54, 1.807) is 24.3 Å². The van der Waals surface area contributed by atoms with Crippen molar-refractivity contribution in [1.82, 2.24) is 5.32 Å². The Kier molecular flexibility index (Phi) is 10.1. The Bertz CT molecular complexity index is 824. The van der Waals surface area contributed by atoms with Crippen molar-refractivity contribution in [2.24, 2.45) is 5.73 Å². The minimum absolute atomic E-state index is 0.121. The van der Waals surface area contributed by atoms with Gasteiger partial charge in [0.2, 0.25) is 5.91 Å². The summed E-state index contributed by atoms with van der Waals surface area (Å²) in [5.74, 6) is 4.01. The molecule has 1 amide bonds. The van der Waals surface area contributed by atoms with Gasteiger partial charge in [0.05, 0.1) is 6.61 Å². The van der Waals surface area contributed by atoms with E-state index in [1.807, 2.05) is 6.92 Å². The Morgan fingerprint density at radius 3 is 2.23 bits per heavy atom. The van der Waals surface area contributed by atoms with Crippen LogP contribution in [0.25, 0.3) is 0 Å². The molecule has 0 saturated carbocycles. The first kappa shape index (κ1) is 27.0. The maximum Gasteiger partial charge on any atom is 0.236 e. The van der Waals surface area contributed by atoms with Crippen molar-refractivity contribution < 1.29 is 18.5 Å². The van der Waals surface area contributed by atoms with E-state index in [4.69, 9.17) is 15.2 Å². The quantitative estimate of drug-likeness (QED) is 0.555. The smallest absolute Gasteiger partial charge is 0.236 e. The Hall–Kier alpha value is -1.99. The van der Waals surface area contributed by atoms with Gasteiger partial charge < -0.3 is 20.5 Å². The monoisotopic (exact) mass is 452 g/mol. The zero-order valence-electron chi connectivity index (χ0n) is 19.8. The van der Waals surface area contributed by atoms with Crippen LogP contribution >= 0.6 is 0 Å². The minimum atomic E-state index is -2.93. The molecule has 2 rings (SSSR count). The third-order valence-corrected chi connectivity index (χ3v) is 8.04. The normalized spacial score (nSPS) is 17.5. The molecule has 1 unspecified atom stereocenters. The van der Waals surface area contributed by atoms with Crippen molar-refractivity contribution in [3.63, 3.8) is 0 Å². The highest BCUT2D eigenvalue weighted by Gasteiger charge is 2.46. The largest absolute Gasteiger partial charge is 0.494 e. The van der Waals surface area contributed by atoms with Crippen molar-refractivity contribution in [2.45, 2.75) is 75.5 Å². The number of nitrogens with two attached hydrogens (primary N) is 1. The summed E-state index contributed by atoms with van der Waals surface area (Å²) in [5, 5.41) is 3.31. The Morgan fingerprint density at radius 1 is 1.26 bits per heavy atom. The average Bonchev–Trinajstić information content (AvgIpc) is 2.68. The molecule has 1 aromatic carbocycles. The zero-order valence-corrected chi connectivity index (χ0v) is 20.6. The van der Waals surface area contributed by atoms with Gasteiger partial charge in [-0.25, -0.2) is 0 Å². The predicted octanol–water partition coefficient (Wildman–Crippen LogP) is 3.88.